The summed E-state index contributed by atoms with van der Waals surface area (Å²) in [5.41, 5.74) is -0.00410. The number of rotatable bonds is 6. The van der Waals surface area contributed by atoms with Gasteiger partial charge in [-0.2, -0.15) is 0 Å². The molecule has 21 heavy (non-hydrogen) atoms. The fourth-order valence-electron chi connectivity index (χ4n) is 1.46. The topological polar surface area (TPSA) is 95.7 Å². The fourth-order valence-corrected chi connectivity index (χ4v) is 3.29. The van der Waals surface area contributed by atoms with Crippen molar-refractivity contribution in [2.75, 3.05) is 13.2 Å². The molecule has 2 N–H and O–H groups in total. The molecule has 0 bridgehead atoms. The van der Waals surface area contributed by atoms with Gasteiger partial charge in [-0.1, -0.05) is 11.6 Å². The van der Waals surface area contributed by atoms with E-state index in [1.54, 1.807) is 6.92 Å². The second-order valence-electron chi connectivity index (χ2n) is 4.19. The van der Waals surface area contributed by atoms with Crippen molar-refractivity contribution >= 4 is 43.5 Å². The molecule has 0 aliphatic rings. The lowest BCUT2D eigenvalue weighted by atomic mass is 10.2. The van der Waals surface area contributed by atoms with E-state index in [1.807, 2.05) is 6.92 Å². The number of hydrogen-bond donors (Lipinski definition) is 1. The van der Waals surface area contributed by atoms with E-state index in [0.29, 0.717) is 6.61 Å². The second kappa shape index (κ2) is 7.55. The first-order valence-corrected chi connectivity index (χ1v) is 8.69. The quantitative estimate of drug-likeness (QED) is 0.739. The molecule has 1 atom stereocenters. The largest absolute Gasteiger partial charge is 0.457 e. The highest BCUT2D eigenvalue weighted by Gasteiger charge is 2.21. The van der Waals surface area contributed by atoms with Gasteiger partial charge in [0.2, 0.25) is 10.0 Å². The van der Waals surface area contributed by atoms with E-state index in [0.717, 1.165) is 6.07 Å². The van der Waals surface area contributed by atoms with Crippen LogP contribution in [0, 0.1) is 0 Å². The molecular formula is C12H15BrClNO5S. The molecule has 1 aromatic rings. The third-order valence-electron chi connectivity index (χ3n) is 2.40. The summed E-state index contributed by atoms with van der Waals surface area (Å²) >= 11 is 8.91. The van der Waals surface area contributed by atoms with E-state index in [9.17, 15) is 13.2 Å². The number of hydrogen-bond acceptors (Lipinski definition) is 5. The summed E-state index contributed by atoms with van der Waals surface area (Å²) in [4.78, 5) is 11.7. The van der Waals surface area contributed by atoms with Gasteiger partial charge < -0.3 is 9.47 Å². The van der Waals surface area contributed by atoms with E-state index >= 15 is 0 Å². The number of sulfonamides is 1. The lowest BCUT2D eigenvalue weighted by molar-refractivity contribution is 0.00437. The summed E-state index contributed by atoms with van der Waals surface area (Å²) in [6, 6.07) is 2.41. The highest BCUT2D eigenvalue weighted by Crippen LogP contribution is 2.31. The zero-order valence-corrected chi connectivity index (χ0v) is 14.6. The molecule has 0 fully saturated rings. The van der Waals surface area contributed by atoms with Crippen molar-refractivity contribution in [3.8, 4) is 0 Å². The first kappa shape index (κ1) is 18.4. The van der Waals surface area contributed by atoms with Gasteiger partial charge >= 0.3 is 5.97 Å². The number of ether oxygens (including phenoxy) is 2. The van der Waals surface area contributed by atoms with Crippen molar-refractivity contribution < 1.29 is 22.7 Å². The molecule has 0 heterocycles. The maximum atomic E-state index is 12.0. The Morgan fingerprint density at radius 2 is 2.10 bits per heavy atom. The van der Waals surface area contributed by atoms with Crippen molar-refractivity contribution in [3.63, 3.8) is 0 Å². The Labute approximate surface area is 136 Å². The first-order chi connectivity index (χ1) is 9.66. The molecule has 0 aliphatic heterocycles. The zero-order valence-electron chi connectivity index (χ0n) is 11.4. The SMILES string of the molecule is CCOCC(C)OC(=O)c1cc(Cl)c(Br)c(S(N)(=O)=O)c1. The molecule has 0 amide bonds. The minimum Gasteiger partial charge on any atom is -0.457 e. The Balaban J connectivity index is 3.04. The van der Waals surface area contributed by atoms with Crippen LogP contribution in [0.4, 0.5) is 0 Å². The molecule has 1 unspecified atom stereocenters. The standard InChI is InChI=1S/C12H15BrClNO5S/c1-3-19-6-7(2)20-12(16)8-4-9(14)11(13)10(5-8)21(15,17)18/h4-5,7H,3,6H2,1-2H3,(H2,15,17,18). The van der Waals surface area contributed by atoms with Gasteiger partial charge in [-0.3, -0.25) is 0 Å². The van der Waals surface area contributed by atoms with Gasteiger partial charge in [-0.05, 0) is 41.9 Å². The first-order valence-electron chi connectivity index (χ1n) is 5.97. The third kappa shape index (κ3) is 5.23. The molecule has 0 aromatic heterocycles. The van der Waals surface area contributed by atoms with Gasteiger partial charge in [-0.15, -0.1) is 0 Å². The smallest absolute Gasteiger partial charge is 0.338 e. The van der Waals surface area contributed by atoms with Crippen LogP contribution in [0.3, 0.4) is 0 Å². The van der Waals surface area contributed by atoms with Crippen LogP contribution < -0.4 is 5.14 Å². The average Bonchev–Trinajstić information content (AvgIpc) is 2.37. The lowest BCUT2D eigenvalue weighted by Crippen LogP contribution is -2.21. The lowest BCUT2D eigenvalue weighted by Gasteiger charge is -2.14. The monoisotopic (exact) mass is 399 g/mol. The Kier molecular flexibility index (Phi) is 6.61. The van der Waals surface area contributed by atoms with Crippen LogP contribution in [0.25, 0.3) is 0 Å². The summed E-state index contributed by atoms with van der Waals surface area (Å²) in [7, 11) is -4.02. The maximum absolute atomic E-state index is 12.0. The number of esters is 1. The van der Waals surface area contributed by atoms with E-state index in [1.165, 1.54) is 6.07 Å². The highest BCUT2D eigenvalue weighted by atomic mass is 79.9. The summed E-state index contributed by atoms with van der Waals surface area (Å²) in [6.07, 6.45) is -0.474. The van der Waals surface area contributed by atoms with E-state index in [4.69, 9.17) is 26.2 Å². The van der Waals surface area contributed by atoms with Crippen molar-refractivity contribution in [2.24, 2.45) is 5.14 Å². The molecule has 0 radical (unpaired) electrons. The number of nitrogens with two attached hydrogens (primary N) is 1. The number of carbonyl (C=O) groups is 1. The number of halogens is 2. The fraction of sp³-hybridized carbons (Fsp3) is 0.417. The van der Waals surface area contributed by atoms with Crippen LogP contribution in [0.1, 0.15) is 24.2 Å². The molecule has 0 spiro atoms. The molecule has 0 aliphatic carbocycles. The average molecular weight is 401 g/mol. The molecule has 118 valence electrons. The van der Waals surface area contributed by atoms with Crippen molar-refractivity contribution in [1.29, 1.82) is 0 Å². The van der Waals surface area contributed by atoms with E-state index in [-0.39, 0.29) is 26.6 Å². The van der Waals surface area contributed by atoms with Crippen LogP contribution in [0.15, 0.2) is 21.5 Å². The highest BCUT2D eigenvalue weighted by molar-refractivity contribution is 9.10. The van der Waals surface area contributed by atoms with Crippen LogP contribution in [0.5, 0.6) is 0 Å². The molecule has 6 nitrogen and oxygen atoms in total. The summed E-state index contributed by atoms with van der Waals surface area (Å²) in [5, 5.41) is 5.12. The maximum Gasteiger partial charge on any atom is 0.338 e. The Bertz CT molecular complexity index is 635. The predicted octanol–water partition coefficient (Wildman–Crippen LogP) is 2.33. The number of carbonyl (C=O) groups excluding carboxylic acids is 1. The van der Waals surface area contributed by atoms with Crippen molar-refractivity contribution in [2.45, 2.75) is 24.8 Å². The third-order valence-corrected chi connectivity index (χ3v) is 4.98. The normalized spacial score (nSPS) is 13.0. The zero-order chi connectivity index (χ0) is 16.2. The van der Waals surface area contributed by atoms with Gasteiger partial charge in [0, 0.05) is 6.61 Å². The summed E-state index contributed by atoms with van der Waals surface area (Å²) < 4.78 is 33.3. The molecule has 9 heteroatoms. The second-order valence-corrected chi connectivity index (χ2v) is 6.92. The summed E-state index contributed by atoms with van der Waals surface area (Å²) in [5.74, 6) is -0.707. The molecule has 0 saturated heterocycles. The van der Waals surface area contributed by atoms with Gasteiger partial charge in [0.15, 0.2) is 0 Å². The molecular weight excluding hydrogens is 386 g/mol. The van der Waals surface area contributed by atoms with Crippen LogP contribution in [-0.2, 0) is 19.5 Å². The Hall–Kier alpha value is -0.670. The van der Waals surface area contributed by atoms with Crippen LogP contribution in [-0.4, -0.2) is 33.7 Å². The van der Waals surface area contributed by atoms with Gasteiger partial charge in [0.25, 0.3) is 0 Å². The van der Waals surface area contributed by atoms with Gasteiger partial charge in [-0.25, -0.2) is 18.4 Å². The summed E-state index contributed by atoms with van der Waals surface area (Å²) in [6.45, 7) is 4.23. The minimum absolute atomic E-state index is 0.00410. The predicted molar refractivity (Wildman–Crippen MR) is 81.9 cm³/mol. The number of benzene rings is 1. The molecule has 1 rings (SSSR count). The molecule has 0 saturated carbocycles. The molecule has 1 aromatic carbocycles. The minimum atomic E-state index is -4.02. The Morgan fingerprint density at radius 3 is 2.62 bits per heavy atom. The van der Waals surface area contributed by atoms with E-state index < -0.39 is 22.1 Å². The van der Waals surface area contributed by atoms with Crippen molar-refractivity contribution in [1.82, 2.24) is 0 Å². The van der Waals surface area contributed by atoms with E-state index in [2.05, 4.69) is 15.9 Å². The van der Waals surface area contributed by atoms with Crippen LogP contribution in [0.2, 0.25) is 5.02 Å². The van der Waals surface area contributed by atoms with Gasteiger partial charge in [0.1, 0.15) is 6.10 Å². The Morgan fingerprint density at radius 1 is 1.48 bits per heavy atom. The van der Waals surface area contributed by atoms with Crippen molar-refractivity contribution in [3.05, 3.63) is 27.2 Å². The van der Waals surface area contributed by atoms with Crippen LogP contribution >= 0.6 is 27.5 Å². The van der Waals surface area contributed by atoms with Gasteiger partial charge in [0.05, 0.1) is 26.6 Å². The number of primary sulfonamides is 1.